The summed E-state index contributed by atoms with van der Waals surface area (Å²) in [5, 5.41) is 10.8. The Morgan fingerprint density at radius 2 is 2.43 bits per heavy atom. The van der Waals surface area contributed by atoms with Crippen molar-refractivity contribution < 1.29 is 9.94 Å². The molecule has 0 aliphatic carbocycles. The van der Waals surface area contributed by atoms with Gasteiger partial charge >= 0.3 is 0 Å². The molecule has 0 radical (unpaired) electrons. The second kappa shape index (κ2) is 3.61. The van der Waals surface area contributed by atoms with Crippen LogP contribution >= 0.6 is 0 Å². The molecule has 0 atom stereocenters. The molecule has 0 amide bonds. The molecule has 3 heteroatoms. The van der Waals surface area contributed by atoms with Gasteiger partial charge in [0.15, 0.2) is 0 Å². The summed E-state index contributed by atoms with van der Waals surface area (Å²) < 4.78 is 4.60. The van der Waals surface area contributed by atoms with Crippen LogP contribution in [0.4, 0.5) is 0 Å². The van der Waals surface area contributed by atoms with Crippen LogP contribution in [0.3, 0.4) is 0 Å². The largest absolute Gasteiger partial charge is 0.411 e. The van der Waals surface area contributed by atoms with Crippen LogP contribution in [0.2, 0.25) is 0 Å². The molecule has 0 rings (SSSR count). The Labute approximate surface area is 42.6 Å². The van der Waals surface area contributed by atoms with E-state index >= 15 is 0 Å². The van der Waals surface area contributed by atoms with Crippen molar-refractivity contribution in [3.05, 3.63) is 0 Å². The Balaban J connectivity index is 3.17. The van der Waals surface area contributed by atoms with Crippen LogP contribution < -0.4 is 0 Å². The first-order valence-electron chi connectivity index (χ1n) is 1.97. The predicted octanol–water partition coefficient (Wildman–Crippen LogP) is 0.483. The fourth-order valence-corrected chi connectivity index (χ4v) is 0.238. The van der Waals surface area contributed by atoms with Crippen molar-refractivity contribution in [3.8, 4) is 0 Å². The molecule has 0 aromatic rings. The van der Waals surface area contributed by atoms with E-state index in [2.05, 4.69) is 9.89 Å². The number of nitrogens with zero attached hydrogens (tertiary/aromatic N) is 1. The number of rotatable bonds is 2. The Hall–Kier alpha value is -0.570. The van der Waals surface area contributed by atoms with Gasteiger partial charge in [-0.15, -0.1) is 0 Å². The molecule has 3 nitrogen and oxygen atoms in total. The molecule has 0 aliphatic rings. The summed E-state index contributed by atoms with van der Waals surface area (Å²) >= 11 is 0. The van der Waals surface area contributed by atoms with Crippen molar-refractivity contribution in [3.63, 3.8) is 0 Å². The average molecular weight is 103 g/mol. The molecule has 0 aromatic heterocycles. The molecule has 0 spiro atoms. The molecule has 0 heterocycles. The maximum atomic E-state index is 7.97. The zero-order chi connectivity index (χ0) is 5.70. The van der Waals surface area contributed by atoms with Gasteiger partial charge in [0.1, 0.15) is 0 Å². The van der Waals surface area contributed by atoms with E-state index in [1.807, 2.05) is 0 Å². The highest BCUT2D eigenvalue weighted by atomic mass is 16.5. The summed E-state index contributed by atoms with van der Waals surface area (Å²) in [6.07, 6.45) is 0. The lowest BCUT2D eigenvalue weighted by Crippen LogP contribution is -2.00. The molecule has 0 saturated carbocycles. The number of ether oxygens (including phenoxy) is 1. The molecular formula is C4H9NO2. The molecule has 7 heavy (non-hydrogen) atoms. The van der Waals surface area contributed by atoms with Crippen LogP contribution in [0.25, 0.3) is 0 Å². The van der Waals surface area contributed by atoms with E-state index in [-0.39, 0.29) is 0 Å². The highest BCUT2D eigenvalue weighted by Crippen LogP contribution is 1.72. The van der Waals surface area contributed by atoms with Gasteiger partial charge in [0.2, 0.25) is 0 Å². The number of hydrogen-bond acceptors (Lipinski definition) is 3. The minimum Gasteiger partial charge on any atom is -0.411 e. The Morgan fingerprint density at radius 1 is 1.86 bits per heavy atom. The highest BCUT2D eigenvalue weighted by Gasteiger charge is 1.84. The normalized spacial score (nSPS) is 12.0. The van der Waals surface area contributed by atoms with Crippen molar-refractivity contribution in [1.29, 1.82) is 0 Å². The van der Waals surface area contributed by atoms with Crippen LogP contribution in [0.5, 0.6) is 0 Å². The zero-order valence-electron chi connectivity index (χ0n) is 4.51. The zero-order valence-corrected chi connectivity index (χ0v) is 4.51. The predicted molar refractivity (Wildman–Crippen MR) is 26.8 cm³/mol. The first kappa shape index (κ1) is 6.43. The van der Waals surface area contributed by atoms with Gasteiger partial charge in [-0.25, -0.2) is 0 Å². The lowest BCUT2D eigenvalue weighted by molar-refractivity contribution is 0.237. The molecule has 0 aliphatic heterocycles. The first-order valence-corrected chi connectivity index (χ1v) is 1.97. The van der Waals surface area contributed by atoms with E-state index in [9.17, 15) is 0 Å². The average Bonchev–Trinajstić information content (AvgIpc) is 1.68. The minimum atomic E-state index is 0.399. The summed E-state index contributed by atoms with van der Waals surface area (Å²) in [6, 6.07) is 0. The molecular weight excluding hydrogens is 94.0 g/mol. The SMILES string of the molecule is COCC(C)=NO. The van der Waals surface area contributed by atoms with Crippen LogP contribution in [-0.2, 0) is 4.74 Å². The Bertz CT molecular complexity index is 70.1. The van der Waals surface area contributed by atoms with Crippen molar-refractivity contribution in [2.45, 2.75) is 6.92 Å². The third-order valence-electron chi connectivity index (χ3n) is 0.524. The summed E-state index contributed by atoms with van der Waals surface area (Å²) in [7, 11) is 1.55. The van der Waals surface area contributed by atoms with Gasteiger partial charge in [-0.1, -0.05) is 5.16 Å². The fourth-order valence-electron chi connectivity index (χ4n) is 0.238. The van der Waals surface area contributed by atoms with Crippen molar-refractivity contribution in [2.75, 3.05) is 13.7 Å². The Morgan fingerprint density at radius 3 is 2.57 bits per heavy atom. The molecule has 0 aromatic carbocycles. The van der Waals surface area contributed by atoms with Crippen LogP contribution in [0.1, 0.15) is 6.92 Å². The van der Waals surface area contributed by atoms with Gasteiger partial charge in [0, 0.05) is 7.11 Å². The van der Waals surface area contributed by atoms with Gasteiger partial charge in [0.05, 0.1) is 12.3 Å². The van der Waals surface area contributed by atoms with E-state index in [4.69, 9.17) is 5.21 Å². The molecule has 0 saturated heterocycles. The lowest BCUT2D eigenvalue weighted by Gasteiger charge is -1.90. The molecule has 1 N–H and O–H groups in total. The Kier molecular flexibility index (Phi) is 3.32. The second-order valence-electron chi connectivity index (χ2n) is 1.27. The summed E-state index contributed by atoms with van der Waals surface area (Å²) in [5.74, 6) is 0. The van der Waals surface area contributed by atoms with Crippen LogP contribution in [-0.4, -0.2) is 24.6 Å². The standard InChI is InChI=1S/C4H9NO2/c1-4(5-6)3-7-2/h6H,3H2,1-2H3. The van der Waals surface area contributed by atoms with Crippen LogP contribution in [0.15, 0.2) is 5.16 Å². The fraction of sp³-hybridized carbons (Fsp3) is 0.750. The molecule has 0 unspecified atom stereocenters. The van der Waals surface area contributed by atoms with Gasteiger partial charge in [0.25, 0.3) is 0 Å². The number of oxime groups is 1. The van der Waals surface area contributed by atoms with Gasteiger partial charge in [-0.05, 0) is 6.92 Å². The molecule has 0 fully saturated rings. The smallest absolute Gasteiger partial charge is 0.0875 e. The van der Waals surface area contributed by atoms with E-state index in [0.717, 1.165) is 0 Å². The van der Waals surface area contributed by atoms with E-state index in [1.54, 1.807) is 14.0 Å². The highest BCUT2D eigenvalue weighted by molar-refractivity contribution is 5.82. The van der Waals surface area contributed by atoms with Crippen LogP contribution in [0, 0.1) is 0 Å². The minimum absolute atomic E-state index is 0.399. The maximum Gasteiger partial charge on any atom is 0.0875 e. The quantitative estimate of drug-likeness (QED) is 0.314. The number of hydrogen-bond donors (Lipinski definition) is 1. The first-order chi connectivity index (χ1) is 3.31. The van der Waals surface area contributed by atoms with E-state index in [0.29, 0.717) is 12.3 Å². The van der Waals surface area contributed by atoms with Gasteiger partial charge in [-0.3, -0.25) is 0 Å². The van der Waals surface area contributed by atoms with Crippen molar-refractivity contribution in [2.24, 2.45) is 5.16 Å². The van der Waals surface area contributed by atoms with Gasteiger partial charge < -0.3 is 9.94 Å². The lowest BCUT2D eigenvalue weighted by atomic mass is 10.5. The number of methoxy groups -OCH3 is 1. The van der Waals surface area contributed by atoms with Crippen molar-refractivity contribution >= 4 is 5.71 Å². The maximum absolute atomic E-state index is 7.97. The summed E-state index contributed by atoms with van der Waals surface area (Å²) in [5.41, 5.74) is 0.586. The topological polar surface area (TPSA) is 41.8 Å². The van der Waals surface area contributed by atoms with Crippen molar-refractivity contribution in [1.82, 2.24) is 0 Å². The van der Waals surface area contributed by atoms with Gasteiger partial charge in [-0.2, -0.15) is 0 Å². The van der Waals surface area contributed by atoms with E-state index in [1.165, 1.54) is 0 Å². The monoisotopic (exact) mass is 103 g/mol. The molecule has 0 bridgehead atoms. The third-order valence-corrected chi connectivity index (χ3v) is 0.524. The summed E-state index contributed by atoms with van der Waals surface area (Å²) in [6.45, 7) is 2.08. The van der Waals surface area contributed by atoms with E-state index < -0.39 is 0 Å². The molecule has 42 valence electrons. The second-order valence-corrected chi connectivity index (χ2v) is 1.27. The summed E-state index contributed by atoms with van der Waals surface area (Å²) in [4.78, 5) is 0. The third kappa shape index (κ3) is 3.26.